The fraction of sp³-hybridized carbons (Fsp3) is 0.263. The summed E-state index contributed by atoms with van der Waals surface area (Å²) in [5.74, 6) is 1.50. The van der Waals surface area contributed by atoms with Crippen molar-refractivity contribution < 1.29 is 107 Å². The van der Waals surface area contributed by atoms with Crippen molar-refractivity contribution in [1.29, 1.82) is 0 Å². The summed E-state index contributed by atoms with van der Waals surface area (Å²) in [5, 5.41) is 43.0. The Morgan fingerprint density at radius 1 is 0.238 bits per heavy atom. The van der Waals surface area contributed by atoms with E-state index in [4.69, 9.17) is 0 Å². The van der Waals surface area contributed by atoms with E-state index in [0.717, 1.165) is 86.9 Å². The number of hydrogen-bond donors (Lipinski definition) is 4. The summed E-state index contributed by atoms with van der Waals surface area (Å²) in [6.07, 6.45) is 4.32. The van der Waals surface area contributed by atoms with E-state index in [1.54, 1.807) is 12.1 Å². The molecule has 0 saturated carbocycles. The van der Waals surface area contributed by atoms with Crippen molar-refractivity contribution in [3.63, 3.8) is 0 Å². The molecule has 0 aromatic heterocycles. The summed E-state index contributed by atoms with van der Waals surface area (Å²) in [4.78, 5) is 0. The van der Waals surface area contributed by atoms with Crippen molar-refractivity contribution in [2.24, 2.45) is 0 Å². The van der Waals surface area contributed by atoms with Crippen molar-refractivity contribution in [3.05, 3.63) is 398 Å². The largest absolute Gasteiger partial charge is 3.00 e. The van der Waals surface area contributed by atoms with Gasteiger partial charge >= 0.3 is 86.9 Å². The van der Waals surface area contributed by atoms with Crippen LogP contribution in [0.1, 0.15) is 216 Å². The predicted octanol–water partition coefficient (Wildman–Crippen LogP) is 32.9. The monoisotopic (exact) mass is 1770 g/mol. The Kier molecular flexibility index (Phi) is 45.9. The summed E-state index contributed by atoms with van der Waals surface area (Å²) < 4.78 is 0. The molecule has 4 aliphatic rings. The second-order valence-electron chi connectivity index (χ2n) is 34.5. The van der Waals surface area contributed by atoms with Gasteiger partial charge in [-0.05, 0) is 233 Å². The quantitative estimate of drug-likeness (QED) is 0.0903. The number of para-hydroxylation sites is 1. The van der Waals surface area contributed by atoms with Crippen LogP contribution in [0.4, 0.5) is 0 Å². The van der Waals surface area contributed by atoms with Gasteiger partial charge in [0.1, 0.15) is 23.0 Å². The molecule has 12 aromatic rings. The first-order chi connectivity index (χ1) is 50.2. The molecule has 12 aromatic carbocycles. The van der Waals surface area contributed by atoms with E-state index >= 15 is 0 Å². The molecule has 640 valence electrons. The molecule has 0 spiro atoms. The summed E-state index contributed by atoms with van der Waals surface area (Å²) in [5.41, 5.74) is 35.2. The summed E-state index contributed by atoms with van der Waals surface area (Å²) in [7, 11) is 0. The van der Waals surface area contributed by atoms with Crippen LogP contribution in [0.2, 0.25) is 0 Å². The van der Waals surface area contributed by atoms with Crippen LogP contribution in [0.3, 0.4) is 0 Å². The smallest absolute Gasteiger partial charge is 0.507 e. The number of benzene rings is 12. The molecule has 4 N–H and O–H groups in total. The fourth-order valence-electron chi connectivity index (χ4n) is 18.0. The SMILES string of the molecule is CC(C)(C)c1cc(-c2ccc3c(c2)C(C)(C)c2ccccc2-3)c(O)c(C(C)(C)C)c1.CCC1(CC)c2ccccc2-c2ccc(-c3cc(C)ccc3O)cc21.CCC1(CC)c2ccccc2-c2ccc(-c3ccccc3O)cc21.Cc1cc(-c2ccc3c(c2)C(C)(C)c2ccccc2-3)c(O)c(C(C)(C)C)c1.[CH3-].[CH3-].[CH3-].[CH3-].[CH3-].[CH3-].[CH3-].[CH3-].[CH3-].[CH3-].[CH3-].[CH3-].[Ti+3].[Ti+3].[Ti+3].[Ti+3]. The molecule has 0 atom stereocenters. The van der Waals surface area contributed by atoms with E-state index in [0.29, 0.717) is 23.0 Å². The maximum Gasteiger partial charge on any atom is 3.00 e. The molecule has 4 nitrogen and oxygen atoms in total. The molecular weight excluding hydrogens is 1620 g/mol. The van der Waals surface area contributed by atoms with Crippen molar-refractivity contribution >= 4 is 0 Å². The van der Waals surface area contributed by atoms with E-state index in [9.17, 15) is 20.4 Å². The molecule has 0 saturated heterocycles. The minimum absolute atomic E-state index is 0. The molecule has 16 rings (SSSR count). The third-order valence-corrected chi connectivity index (χ3v) is 24.3. The topological polar surface area (TPSA) is 80.9 Å². The first-order valence-electron chi connectivity index (χ1n) is 38.5. The van der Waals surface area contributed by atoms with Crippen molar-refractivity contribution in [2.45, 2.75) is 195 Å². The normalized spacial score (nSPS) is 12.7. The number of phenols is 4. The van der Waals surface area contributed by atoms with Crippen molar-refractivity contribution in [3.8, 4) is 112 Å². The Balaban J connectivity index is -0.000000731. The average molecular weight is 1770 g/mol. The second kappa shape index (κ2) is 46.3. The Labute approximate surface area is 805 Å². The number of phenolic OH excluding ortho intramolecular Hbond substituents is 4. The van der Waals surface area contributed by atoms with Gasteiger partial charge in [0.2, 0.25) is 0 Å². The first kappa shape index (κ1) is 121. The van der Waals surface area contributed by atoms with Crippen LogP contribution in [0.25, 0.3) is 89.0 Å². The van der Waals surface area contributed by atoms with Gasteiger partial charge in [-0.25, -0.2) is 0 Å². The van der Waals surface area contributed by atoms with Gasteiger partial charge < -0.3 is 110 Å². The third-order valence-electron chi connectivity index (χ3n) is 24.3. The number of hydrogen-bond acceptors (Lipinski definition) is 4. The van der Waals surface area contributed by atoms with E-state index in [2.05, 4.69) is 332 Å². The van der Waals surface area contributed by atoms with Gasteiger partial charge in [-0.1, -0.05) is 305 Å². The van der Waals surface area contributed by atoms with E-state index in [-0.39, 0.29) is 214 Å². The Bertz CT molecular complexity index is 5390. The zero-order chi connectivity index (χ0) is 76.0. The van der Waals surface area contributed by atoms with Crippen LogP contribution in [0.5, 0.6) is 23.0 Å². The van der Waals surface area contributed by atoms with Crippen LogP contribution in [0, 0.1) is 103 Å². The summed E-state index contributed by atoms with van der Waals surface area (Å²) >= 11 is 0. The van der Waals surface area contributed by atoms with E-state index < -0.39 is 0 Å². The van der Waals surface area contributed by atoms with Crippen LogP contribution >= 0.6 is 0 Å². The Morgan fingerprint density at radius 2 is 0.508 bits per heavy atom. The first-order valence-corrected chi connectivity index (χ1v) is 38.5. The van der Waals surface area contributed by atoms with Gasteiger partial charge in [0.05, 0.1) is 0 Å². The minimum atomic E-state index is -0.133. The van der Waals surface area contributed by atoms with Gasteiger partial charge in [0.15, 0.2) is 0 Å². The maximum atomic E-state index is 11.3. The van der Waals surface area contributed by atoms with Crippen LogP contribution < -0.4 is 0 Å². The molecule has 0 aliphatic heterocycles. The molecule has 0 amide bonds. The van der Waals surface area contributed by atoms with Crippen LogP contribution in [0.15, 0.2) is 237 Å². The molecule has 0 fully saturated rings. The molecule has 4 radical (unpaired) electrons. The third kappa shape index (κ3) is 21.7. The summed E-state index contributed by atoms with van der Waals surface area (Å²) in [6, 6.07) is 83.6. The van der Waals surface area contributed by atoms with Gasteiger partial charge in [0.25, 0.3) is 0 Å². The number of aryl methyl sites for hydroxylation is 2. The Morgan fingerprint density at radius 3 is 0.861 bits per heavy atom. The number of aromatic hydroxyl groups is 4. The molecule has 0 unspecified atom stereocenters. The minimum Gasteiger partial charge on any atom is -0.507 e. The molecule has 4 aliphatic carbocycles. The van der Waals surface area contributed by atoms with E-state index in [1.807, 2.05) is 24.3 Å². The zero-order valence-electron chi connectivity index (χ0n) is 80.1. The molecule has 0 heterocycles. The molecule has 0 bridgehead atoms. The standard InChI is InChI=1S/C29H34O.C26H28O.C24H24O.C23H22O.12CH3.4Ti/c1-27(2,3)19-16-22(26(30)25(17-19)28(4,5)6)18-13-14-21-20-11-9-10-12-23(20)29(7,8)24(21)15-18;1-16-13-20(24(27)23(14-16)25(2,3)4)17-11-12-19-18-9-7-8-10-21(18)26(5,6)22(19)15-17;1-4-24(5-2)21-9-7-6-8-18(21)19-12-11-17(15-22(19)24)20-14-16(3)10-13-23(20)25;1-3-23(4-2)20-11-7-5-10-18(20)19-14-13-16(15-21(19)23)17-9-6-8-12-22(17)24;;;;;;;;;;;;;;;;/h9-17,30H,1-8H3;7-15,27H,1-6H3;6-15,25H,4-5H2,1-3H3;5-15,24H,3-4H2,1-2H3;12*1H3;;;;/q;;;;12*-1;4*+3. The van der Waals surface area contributed by atoms with Crippen molar-refractivity contribution in [2.75, 3.05) is 0 Å². The maximum absolute atomic E-state index is 11.3. The van der Waals surface area contributed by atoms with E-state index in [1.165, 1.54) is 100 Å². The molecule has 8 heteroatoms. The predicted molar refractivity (Wildman–Crippen MR) is 525 cm³/mol. The zero-order valence-corrected chi connectivity index (χ0v) is 86.4. The van der Waals surface area contributed by atoms with Gasteiger partial charge in [0, 0.05) is 55.0 Å². The fourth-order valence-corrected chi connectivity index (χ4v) is 18.0. The Hall–Kier alpha value is -7.30. The van der Waals surface area contributed by atoms with Gasteiger partial charge in [-0.3, -0.25) is 0 Å². The van der Waals surface area contributed by atoms with Crippen LogP contribution in [-0.2, 0) is 125 Å². The van der Waals surface area contributed by atoms with Crippen LogP contribution in [-0.4, -0.2) is 20.4 Å². The number of fused-ring (bicyclic) bond motifs is 12. The number of rotatable bonds is 8. The van der Waals surface area contributed by atoms with Gasteiger partial charge in [-0.15, -0.1) is 0 Å². The van der Waals surface area contributed by atoms with Gasteiger partial charge in [-0.2, -0.15) is 0 Å². The second-order valence-corrected chi connectivity index (χ2v) is 34.5. The molecule has 122 heavy (non-hydrogen) atoms. The average Bonchev–Trinajstić information content (AvgIpc) is 1.63. The molecular formula is C114H144O4Ti4. The van der Waals surface area contributed by atoms with Crippen molar-refractivity contribution in [1.82, 2.24) is 0 Å². The summed E-state index contributed by atoms with van der Waals surface area (Å²) in [6.45, 7) is 42.1.